The molecule has 0 unspecified atom stereocenters. The number of fused-ring (bicyclic) bond motifs is 1. The van der Waals surface area contributed by atoms with Crippen molar-refractivity contribution in [3.8, 4) is 0 Å². The second-order valence-corrected chi connectivity index (χ2v) is 6.50. The minimum atomic E-state index is 0.0530. The van der Waals surface area contributed by atoms with Crippen molar-refractivity contribution in [2.45, 2.75) is 6.92 Å². The first-order valence-electron chi connectivity index (χ1n) is 5.95. The number of aromatic nitrogens is 2. The molecule has 0 radical (unpaired) electrons. The summed E-state index contributed by atoms with van der Waals surface area (Å²) in [6.07, 6.45) is 2.86. The Balaban J connectivity index is 2.11. The van der Waals surface area contributed by atoms with E-state index in [1.54, 1.807) is 0 Å². The van der Waals surface area contributed by atoms with E-state index in [-0.39, 0.29) is 15.0 Å². The predicted molar refractivity (Wildman–Crippen MR) is 76.8 cm³/mol. The Morgan fingerprint density at radius 3 is 2.68 bits per heavy atom. The Labute approximate surface area is 117 Å². The first kappa shape index (κ1) is 12.1. The Morgan fingerprint density at radius 1 is 1.16 bits per heavy atom. The van der Waals surface area contributed by atoms with Gasteiger partial charge in [-0.1, -0.05) is 0 Å². The standard InChI is InChI=1S/C15H12N2OSe/c1-11-7-8-14-16-15(13(10-18)17(14)9-11)19-12-5-3-2-4-6-12/h2-10H,1H3. The quantitative estimate of drug-likeness (QED) is 0.536. The van der Waals surface area contributed by atoms with Gasteiger partial charge in [0.15, 0.2) is 0 Å². The molecule has 0 aliphatic rings. The molecule has 0 saturated heterocycles. The fourth-order valence-corrected chi connectivity index (χ4v) is 3.83. The molecule has 2 heterocycles. The van der Waals surface area contributed by atoms with Gasteiger partial charge in [-0.3, -0.25) is 0 Å². The maximum atomic E-state index is 11.4. The topological polar surface area (TPSA) is 34.4 Å². The summed E-state index contributed by atoms with van der Waals surface area (Å²) in [6, 6.07) is 14.1. The molecule has 19 heavy (non-hydrogen) atoms. The molecule has 0 bridgehead atoms. The molecule has 0 amide bonds. The van der Waals surface area contributed by atoms with Crippen molar-refractivity contribution in [3.63, 3.8) is 0 Å². The normalized spacial score (nSPS) is 10.8. The van der Waals surface area contributed by atoms with Crippen LogP contribution in [0.2, 0.25) is 0 Å². The Morgan fingerprint density at radius 2 is 1.95 bits per heavy atom. The summed E-state index contributed by atoms with van der Waals surface area (Å²) in [5.74, 6) is 0. The third-order valence-corrected chi connectivity index (χ3v) is 4.94. The third kappa shape index (κ3) is 2.33. The number of pyridine rings is 1. The van der Waals surface area contributed by atoms with E-state index in [9.17, 15) is 4.79 Å². The SMILES string of the molecule is Cc1ccc2nc([Se]c3ccccc3)c(C=O)n2c1. The number of hydrogen-bond donors (Lipinski definition) is 0. The van der Waals surface area contributed by atoms with Gasteiger partial charge in [0.05, 0.1) is 0 Å². The number of imidazole rings is 1. The van der Waals surface area contributed by atoms with Crippen molar-refractivity contribution in [1.82, 2.24) is 9.38 Å². The number of carbonyl (C=O) groups is 1. The fourth-order valence-electron chi connectivity index (χ4n) is 1.93. The van der Waals surface area contributed by atoms with Crippen molar-refractivity contribution in [2.24, 2.45) is 0 Å². The van der Waals surface area contributed by atoms with Crippen LogP contribution in [0.1, 0.15) is 16.1 Å². The number of rotatable bonds is 3. The number of carbonyl (C=O) groups excluding carboxylic acids is 1. The van der Waals surface area contributed by atoms with E-state index in [0.29, 0.717) is 5.69 Å². The van der Waals surface area contributed by atoms with Crippen LogP contribution in [0.4, 0.5) is 0 Å². The van der Waals surface area contributed by atoms with Crippen LogP contribution in [0.25, 0.3) is 5.65 Å². The minimum absolute atomic E-state index is 0.0530. The molecular weight excluding hydrogens is 303 g/mol. The zero-order valence-corrected chi connectivity index (χ0v) is 12.1. The number of benzene rings is 1. The van der Waals surface area contributed by atoms with Gasteiger partial charge in [0.25, 0.3) is 0 Å². The summed E-state index contributed by atoms with van der Waals surface area (Å²) in [5.41, 5.74) is 2.62. The zero-order valence-electron chi connectivity index (χ0n) is 10.4. The van der Waals surface area contributed by atoms with E-state index in [4.69, 9.17) is 0 Å². The molecule has 1 aromatic carbocycles. The van der Waals surface area contributed by atoms with Crippen LogP contribution < -0.4 is 9.05 Å². The molecule has 3 rings (SSSR count). The molecule has 0 aliphatic carbocycles. The fraction of sp³-hybridized carbons (Fsp3) is 0.0667. The second kappa shape index (κ2) is 5.00. The van der Waals surface area contributed by atoms with E-state index in [0.717, 1.165) is 22.1 Å². The van der Waals surface area contributed by atoms with Crippen molar-refractivity contribution in [2.75, 3.05) is 0 Å². The Hall–Kier alpha value is -1.90. The molecular formula is C15H12N2OSe. The van der Waals surface area contributed by atoms with Gasteiger partial charge in [0.2, 0.25) is 0 Å². The van der Waals surface area contributed by atoms with Gasteiger partial charge in [0, 0.05) is 0 Å². The van der Waals surface area contributed by atoms with Gasteiger partial charge in [-0.15, -0.1) is 0 Å². The summed E-state index contributed by atoms with van der Waals surface area (Å²) in [5, 5.41) is 0. The zero-order chi connectivity index (χ0) is 13.2. The van der Waals surface area contributed by atoms with Crippen LogP contribution in [0, 0.1) is 6.92 Å². The summed E-state index contributed by atoms with van der Waals surface area (Å²) < 4.78 is 3.99. The molecule has 94 valence electrons. The van der Waals surface area contributed by atoms with Gasteiger partial charge in [-0.05, 0) is 0 Å². The summed E-state index contributed by atoms with van der Waals surface area (Å²) in [4.78, 5) is 15.9. The molecule has 0 saturated carbocycles. The molecule has 0 atom stereocenters. The summed E-state index contributed by atoms with van der Waals surface area (Å²) in [6.45, 7) is 2.01. The molecule has 0 aliphatic heterocycles. The van der Waals surface area contributed by atoms with Crippen molar-refractivity contribution < 1.29 is 4.79 Å². The molecule has 3 aromatic rings. The molecule has 2 aromatic heterocycles. The van der Waals surface area contributed by atoms with Crippen LogP contribution in [0.3, 0.4) is 0 Å². The number of hydrogen-bond acceptors (Lipinski definition) is 2. The van der Waals surface area contributed by atoms with Crippen LogP contribution >= 0.6 is 0 Å². The van der Waals surface area contributed by atoms with Crippen molar-refractivity contribution >= 4 is 35.9 Å². The van der Waals surface area contributed by atoms with Crippen molar-refractivity contribution in [3.05, 3.63) is 59.9 Å². The van der Waals surface area contributed by atoms with Gasteiger partial charge >= 0.3 is 117 Å². The summed E-state index contributed by atoms with van der Waals surface area (Å²) >= 11 is 0.0530. The first-order valence-corrected chi connectivity index (χ1v) is 7.66. The van der Waals surface area contributed by atoms with E-state index >= 15 is 0 Å². The van der Waals surface area contributed by atoms with Crippen LogP contribution in [0.5, 0.6) is 0 Å². The average molecular weight is 315 g/mol. The van der Waals surface area contributed by atoms with Crippen LogP contribution in [-0.2, 0) is 0 Å². The number of aldehydes is 1. The summed E-state index contributed by atoms with van der Waals surface area (Å²) in [7, 11) is 0. The monoisotopic (exact) mass is 316 g/mol. The van der Waals surface area contributed by atoms with Gasteiger partial charge in [-0.2, -0.15) is 0 Å². The molecule has 0 fully saturated rings. The van der Waals surface area contributed by atoms with Crippen LogP contribution in [-0.4, -0.2) is 30.6 Å². The van der Waals surface area contributed by atoms with Gasteiger partial charge in [-0.25, -0.2) is 0 Å². The van der Waals surface area contributed by atoms with E-state index in [2.05, 4.69) is 17.1 Å². The first-order chi connectivity index (χ1) is 9.28. The molecule has 0 N–H and O–H groups in total. The average Bonchev–Trinajstić information content (AvgIpc) is 2.76. The van der Waals surface area contributed by atoms with Gasteiger partial charge < -0.3 is 0 Å². The maximum absolute atomic E-state index is 11.4. The van der Waals surface area contributed by atoms with E-state index < -0.39 is 0 Å². The second-order valence-electron chi connectivity index (χ2n) is 4.27. The molecule has 4 heteroatoms. The third-order valence-electron chi connectivity index (χ3n) is 2.84. The Bertz CT molecular complexity index is 734. The van der Waals surface area contributed by atoms with Gasteiger partial charge in [0.1, 0.15) is 0 Å². The molecule has 3 nitrogen and oxygen atoms in total. The predicted octanol–water partition coefficient (Wildman–Crippen LogP) is 1.11. The number of aryl methyl sites for hydroxylation is 1. The van der Waals surface area contributed by atoms with Crippen molar-refractivity contribution in [1.29, 1.82) is 0 Å². The number of nitrogens with zero attached hydrogens (tertiary/aromatic N) is 2. The van der Waals surface area contributed by atoms with E-state index in [1.165, 1.54) is 4.46 Å². The van der Waals surface area contributed by atoms with E-state index in [1.807, 2.05) is 47.9 Å². The van der Waals surface area contributed by atoms with Crippen LogP contribution in [0.15, 0.2) is 48.7 Å². The molecule has 0 spiro atoms. The Kier molecular flexibility index (Phi) is 3.20.